The van der Waals surface area contributed by atoms with E-state index in [0.717, 1.165) is 26.6 Å². The van der Waals surface area contributed by atoms with E-state index < -0.39 is 12.1 Å². The van der Waals surface area contributed by atoms with Gasteiger partial charge < -0.3 is 9.64 Å². The SMILES string of the molecule is Cc1cc(C)n2nc(CC(=O)OC(C)C(=O)N(C)Cc3nc4ccccc4s3)nc2n1. The number of aromatic nitrogens is 5. The van der Waals surface area contributed by atoms with Gasteiger partial charge in [0.25, 0.3) is 11.7 Å². The molecule has 10 heteroatoms. The van der Waals surface area contributed by atoms with Gasteiger partial charge in [-0.05, 0) is 39.0 Å². The Morgan fingerprint density at radius 1 is 1.19 bits per heavy atom. The number of fused-ring (bicyclic) bond motifs is 2. The fourth-order valence-electron chi connectivity index (χ4n) is 3.28. The van der Waals surface area contributed by atoms with E-state index >= 15 is 0 Å². The van der Waals surface area contributed by atoms with E-state index in [2.05, 4.69) is 20.1 Å². The molecule has 0 bridgehead atoms. The number of carbonyl (C=O) groups excluding carboxylic acids is 2. The number of thiazole rings is 1. The van der Waals surface area contributed by atoms with Gasteiger partial charge >= 0.3 is 5.97 Å². The predicted molar refractivity (Wildman–Crippen MR) is 116 cm³/mol. The Bertz CT molecular complexity index is 1250. The van der Waals surface area contributed by atoms with Crippen LogP contribution in [0.4, 0.5) is 0 Å². The molecule has 1 unspecified atom stereocenters. The number of esters is 1. The third kappa shape index (κ3) is 4.53. The van der Waals surface area contributed by atoms with Crippen LogP contribution in [0.1, 0.15) is 29.1 Å². The molecule has 4 aromatic rings. The second-order valence-corrected chi connectivity index (χ2v) is 8.47. The van der Waals surface area contributed by atoms with Crippen LogP contribution < -0.4 is 0 Å². The third-order valence-electron chi connectivity index (χ3n) is 4.71. The molecule has 0 aliphatic heterocycles. The van der Waals surface area contributed by atoms with E-state index in [1.165, 1.54) is 16.2 Å². The van der Waals surface area contributed by atoms with Crippen LogP contribution in [-0.2, 0) is 27.3 Å². The summed E-state index contributed by atoms with van der Waals surface area (Å²) in [5, 5.41) is 5.12. The van der Waals surface area contributed by atoms with Gasteiger partial charge in [0.2, 0.25) is 0 Å². The van der Waals surface area contributed by atoms with E-state index in [1.54, 1.807) is 18.5 Å². The second-order valence-electron chi connectivity index (χ2n) is 7.36. The highest BCUT2D eigenvalue weighted by Crippen LogP contribution is 2.22. The lowest BCUT2D eigenvalue weighted by molar-refractivity contribution is -0.158. The zero-order valence-corrected chi connectivity index (χ0v) is 18.5. The maximum atomic E-state index is 12.7. The van der Waals surface area contributed by atoms with Gasteiger partial charge in [-0.1, -0.05) is 12.1 Å². The average molecular weight is 439 g/mol. The molecular weight excluding hydrogens is 416 g/mol. The zero-order chi connectivity index (χ0) is 22.1. The summed E-state index contributed by atoms with van der Waals surface area (Å²) in [7, 11) is 1.67. The quantitative estimate of drug-likeness (QED) is 0.426. The normalized spacial score (nSPS) is 12.3. The third-order valence-corrected chi connectivity index (χ3v) is 5.73. The largest absolute Gasteiger partial charge is 0.452 e. The first-order valence-corrected chi connectivity index (χ1v) is 10.6. The maximum Gasteiger partial charge on any atom is 0.314 e. The lowest BCUT2D eigenvalue weighted by Gasteiger charge is -2.20. The number of hydrogen-bond donors (Lipinski definition) is 0. The van der Waals surface area contributed by atoms with Gasteiger partial charge in [-0.25, -0.2) is 14.5 Å². The number of benzene rings is 1. The lowest BCUT2D eigenvalue weighted by atomic mass is 10.3. The number of likely N-dealkylation sites (N-methyl/N-ethyl adjacent to an activating group) is 1. The Morgan fingerprint density at radius 3 is 2.74 bits per heavy atom. The van der Waals surface area contributed by atoms with Crippen LogP contribution in [0.5, 0.6) is 0 Å². The molecule has 1 amide bonds. The summed E-state index contributed by atoms with van der Waals surface area (Å²) >= 11 is 1.54. The fraction of sp³-hybridized carbons (Fsp3) is 0.333. The number of aryl methyl sites for hydroxylation is 2. The Labute approximate surface area is 182 Å². The molecule has 0 spiro atoms. The molecule has 0 saturated carbocycles. The maximum absolute atomic E-state index is 12.7. The van der Waals surface area contributed by atoms with Gasteiger partial charge in [0.05, 0.1) is 16.8 Å². The lowest BCUT2D eigenvalue weighted by Crippen LogP contribution is -2.37. The van der Waals surface area contributed by atoms with Crippen molar-refractivity contribution in [2.75, 3.05) is 7.05 Å². The monoisotopic (exact) mass is 438 g/mol. The molecule has 1 aromatic carbocycles. The standard InChI is InChI=1S/C21H22N6O3S/c1-12-9-13(2)27-21(22-12)24-17(25-27)10-19(28)30-14(3)20(29)26(4)11-18-23-15-7-5-6-8-16(15)31-18/h5-9,14H,10-11H2,1-4H3. The highest BCUT2D eigenvalue weighted by molar-refractivity contribution is 7.18. The second kappa shape index (κ2) is 8.38. The molecule has 1 atom stereocenters. The van der Waals surface area contributed by atoms with Crippen molar-refractivity contribution in [3.63, 3.8) is 0 Å². The van der Waals surface area contributed by atoms with Crippen molar-refractivity contribution in [3.8, 4) is 0 Å². The number of nitrogens with zero attached hydrogens (tertiary/aromatic N) is 6. The van der Waals surface area contributed by atoms with E-state index in [0.29, 0.717) is 18.1 Å². The van der Waals surface area contributed by atoms with Crippen LogP contribution in [-0.4, -0.2) is 54.5 Å². The number of para-hydroxylation sites is 1. The summed E-state index contributed by atoms with van der Waals surface area (Å²) < 4.78 is 7.97. The molecule has 0 radical (unpaired) electrons. The molecule has 0 fully saturated rings. The Balaban J connectivity index is 1.36. The molecule has 9 nitrogen and oxygen atoms in total. The predicted octanol–water partition coefficient (Wildman–Crippen LogP) is 2.48. The van der Waals surface area contributed by atoms with Crippen molar-refractivity contribution in [3.05, 3.63) is 52.6 Å². The summed E-state index contributed by atoms with van der Waals surface area (Å²) in [5.41, 5.74) is 2.60. The van der Waals surface area contributed by atoms with Gasteiger partial charge in [-0.15, -0.1) is 16.4 Å². The first-order chi connectivity index (χ1) is 14.8. The average Bonchev–Trinajstić information content (AvgIpc) is 3.30. The fourth-order valence-corrected chi connectivity index (χ4v) is 4.30. The van der Waals surface area contributed by atoms with Crippen LogP contribution in [0, 0.1) is 13.8 Å². The van der Waals surface area contributed by atoms with Crippen LogP contribution in [0.2, 0.25) is 0 Å². The van der Waals surface area contributed by atoms with Crippen LogP contribution in [0.15, 0.2) is 30.3 Å². The number of hydrogen-bond acceptors (Lipinski definition) is 8. The van der Waals surface area contributed by atoms with Gasteiger partial charge in [0.1, 0.15) is 11.4 Å². The molecule has 0 N–H and O–H groups in total. The van der Waals surface area contributed by atoms with Crippen molar-refractivity contribution in [1.82, 2.24) is 29.5 Å². The Hall–Kier alpha value is -3.40. The first-order valence-electron chi connectivity index (χ1n) is 9.79. The van der Waals surface area contributed by atoms with E-state index in [1.807, 2.05) is 44.2 Å². The summed E-state index contributed by atoms with van der Waals surface area (Å²) in [6, 6.07) is 9.70. The van der Waals surface area contributed by atoms with Crippen LogP contribution in [0.3, 0.4) is 0 Å². The summed E-state index contributed by atoms with van der Waals surface area (Å²) in [4.78, 5) is 39.6. The van der Waals surface area contributed by atoms with Crippen molar-refractivity contribution in [1.29, 1.82) is 0 Å². The van der Waals surface area contributed by atoms with Gasteiger partial charge in [0, 0.05) is 18.4 Å². The molecule has 0 aliphatic rings. The molecule has 4 rings (SSSR count). The smallest absolute Gasteiger partial charge is 0.314 e. The van der Waals surface area contributed by atoms with E-state index in [4.69, 9.17) is 4.74 Å². The van der Waals surface area contributed by atoms with Crippen molar-refractivity contribution in [2.24, 2.45) is 0 Å². The molecule has 0 saturated heterocycles. The highest BCUT2D eigenvalue weighted by Gasteiger charge is 2.23. The van der Waals surface area contributed by atoms with E-state index in [-0.39, 0.29) is 12.3 Å². The van der Waals surface area contributed by atoms with Crippen LogP contribution >= 0.6 is 11.3 Å². The molecular formula is C21H22N6O3S. The van der Waals surface area contributed by atoms with Crippen molar-refractivity contribution < 1.29 is 14.3 Å². The van der Waals surface area contributed by atoms with Gasteiger partial charge in [-0.3, -0.25) is 9.59 Å². The van der Waals surface area contributed by atoms with Gasteiger partial charge in [-0.2, -0.15) is 4.98 Å². The minimum atomic E-state index is -0.925. The summed E-state index contributed by atoms with van der Waals surface area (Å²) in [6.45, 7) is 5.66. The van der Waals surface area contributed by atoms with Crippen molar-refractivity contribution >= 4 is 39.2 Å². The zero-order valence-electron chi connectivity index (χ0n) is 17.7. The number of ether oxygens (including phenoxy) is 1. The summed E-state index contributed by atoms with van der Waals surface area (Å²) in [6.07, 6.45) is -1.06. The molecule has 3 aromatic heterocycles. The number of amides is 1. The van der Waals surface area contributed by atoms with Crippen molar-refractivity contribution in [2.45, 2.75) is 39.8 Å². The minimum absolute atomic E-state index is 0.138. The molecule has 160 valence electrons. The Kier molecular flexibility index (Phi) is 5.64. The van der Waals surface area contributed by atoms with Gasteiger partial charge in [0.15, 0.2) is 11.9 Å². The number of rotatable bonds is 6. The topological polar surface area (TPSA) is 103 Å². The highest BCUT2D eigenvalue weighted by atomic mass is 32.1. The summed E-state index contributed by atoms with van der Waals surface area (Å²) in [5.74, 6) is -0.142. The molecule has 3 heterocycles. The van der Waals surface area contributed by atoms with Crippen LogP contribution in [0.25, 0.3) is 16.0 Å². The molecule has 31 heavy (non-hydrogen) atoms. The Morgan fingerprint density at radius 2 is 1.97 bits per heavy atom. The van der Waals surface area contributed by atoms with E-state index in [9.17, 15) is 9.59 Å². The minimum Gasteiger partial charge on any atom is -0.452 e. The first kappa shape index (κ1) is 20.9. The number of carbonyl (C=O) groups is 2. The molecule has 0 aliphatic carbocycles.